The average molecular weight is 375 g/mol. The maximum atomic E-state index is 12.5. The zero-order chi connectivity index (χ0) is 18.7. The van der Waals surface area contributed by atoms with Crippen LogP contribution in [0.25, 0.3) is 11.4 Å². The summed E-state index contributed by atoms with van der Waals surface area (Å²) in [6.07, 6.45) is -3.26. The van der Waals surface area contributed by atoms with Crippen molar-refractivity contribution in [2.75, 3.05) is 6.54 Å². The van der Waals surface area contributed by atoms with Crippen LogP contribution in [-0.2, 0) is 22.7 Å². The summed E-state index contributed by atoms with van der Waals surface area (Å²) in [7, 11) is -3.51. The Morgan fingerprint density at radius 3 is 2.36 bits per heavy atom. The lowest BCUT2D eigenvalue weighted by Crippen LogP contribution is -2.28. The Bertz CT molecular complexity index is 843. The fraction of sp³-hybridized carbons (Fsp3) is 0.333. The quantitative estimate of drug-likeness (QED) is 0.773. The molecule has 10 heteroatoms. The van der Waals surface area contributed by atoms with E-state index in [4.69, 9.17) is 0 Å². The van der Waals surface area contributed by atoms with E-state index in [-0.39, 0.29) is 18.9 Å². The van der Waals surface area contributed by atoms with E-state index in [9.17, 15) is 21.6 Å². The number of rotatable bonds is 6. The van der Waals surface area contributed by atoms with Crippen LogP contribution in [0.3, 0.4) is 0 Å². The van der Waals surface area contributed by atoms with Crippen LogP contribution in [0.5, 0.6) is 0 Å². The predicted octanol–water partition coefficient (Wildman–Crippen LogP) is 3.44. The van der Waals surface area contributed by atoms with Gasteiger partial charge in [0.25, 0.3) is 0 Å². The maximum Gasteiger partial charge on any atom is 0.471 e. The first-order chi connectivity index (χ1) is 11.7. The van der Waals surface area contributed by atoms with Crippen LogP contribution in [0.15, 0.2) is 40.3 Å². The fourth-order valence-corrected chi connectivity index (χ4v) is 3.26. The Balaban J connectivity index is 2.18. The van der Waals surface area contributed by atoms with Crippen LogP contribution < -0.4 is 0 Å². The van der Waals surface area contributed by atoms with E-state index in [1.165, 1.54) is 22.5 Å². The van der Waals surface area contributed by atoms with Gasteiger partial charge in [-0.2, -0.15) is 22.5 Å². The lowest BCUT2D eigenvalue weighted by molar-refractivity contribution is -0.159. The van der Waals surface area contributed by atoms with E-state index in [1.54, 1.807) is 26.0 Å². The molecule has 0 aliphatic rings. The summed E-state index contributed by atoms with van der Waals surface area (Å²) in [4.78, 5) is 3.30. The zero-order valence-corrected chi connectivity index (χ0v) is 14.3. The van der Waals surface area contributed by atoms with E-state index in [0.29, 0.717) is 11.1 Å². The third-order valence-electron chi connectivity index (χ3n) is 3.26. The van der Waals surface area contributed by atoms with Gasteiger partial charge in [0, 0.05) is 24.1 Å². The van der Waals surface area contributed by atoms with Gasteiger partial charge in [-0.05, 0) is 12.5 Å². The van der Waals surface area contributed by atoms with Crippen LogP contribution in [0, 0.1) is 0 Å². The zero-order valence-electron chi connectivity index (χ0n) is 13.5. The molecular formula is C15H16F3N3O3S. The van der Waals surface area contributed by atoms with Crippen LogP contribution in [-0.4, -0.2) is 29.4 Å². The number of hydrogen-bond acceptors (Lipinski definition) is 5. The molecule has 0 amide bonds. The van der Waals surface area contributed by atoms with Crippen molar-refractivity contribution >= 4 is 10.0 Å². The molecule has 0 aliphatic heterocycles. The number of hydrogen-bond donors (Lipinski definition) is 0. The topological polar surface area (TPSA) is 76.3 Å². The highest BCUT2D eigenvalue weighted by atomic mass is 32.2. The molecule has 0 atom stereocenters. The van der Waals surface area contributed by atoms with Crippen LogP contribution in [0.2, 0.25) is 0 Å². The van der Waals surface area contributed by atoms with Crippen molar-refractivity contribution in [1.82, 2.24) is 14.4 Å². The summed E-state index contributed by atoms with van der Waals surface area (Å²) in [5.41, 5.74) is 1.01. The van der Waals surface area contributed by atoms with Gasteiger partial charge in [0.2, 0.25) is 15.8 Å². The van der Waals surface area contributed by atoms with E-state index in [0.717, 1.165) is 5.41 Å². The Kier molecular flexibility index (Phi) is 5.63. The van der Waals surface area contributed by atoms with E-state index in [1.807, 2.05) is 0 Å². The lowest BCUT2D eigenvalue weighted by atomic mass is 10.1. The predicted molar refractivity (Wildman–Crippen MR) is 84.6 cm³/mol. The van der Waals surface area contributed by atoms with Gasteiger partial charge < -0.3 is 4.52 Å². The number of sulfonamides is 1. The van der Waals surface area contributed by atoms with Gasteiger partial charge in [0.15, 0.2) is 0 Å². The molecule has 0 bridgehead atoms. The van der Waals surface area contributed by atoms with E-state index >= 15 is 0 Å². The Labute approximate surface area is 143 Å². The Morgan fingerprint density at radius 1 is 1.24 bits per heavy atom. The molecule has 1 aromatic carbocycles. The lowest BCUT2D eigenvalue weighted by Gasteiger charge is -2.18. The number of halogens is 3. The average Bonchev–Trinajstić information content (AvgIpc) is 3.03. The largest absolute Gasteiger partial charge is 0.471 e. The Morgan fingerprint density at radius 2 is 1.88 bits per heavy atom. The summed E-state index contributed by atoms with van der Waals surface area (Å²) >= 11 is 0. The Hall–Kier alpha value is -2.20. The molecule has 0 saturated heterocycles. The number of allylic oxidation sites excluding steroid dienone is 1. The van der Waals surface area contributed by atoms with Crippen LogP contribution in [0.1, 0.15) is 25.3 Å². The molecule has 0 radical (unpaired) electrons. The summed E-state index contributed by atoms with van der Waals surface area (Å²) < 4.78 is 67.0. The summed E-state index contributed by atoms with van der Waals surface area (Å²) in [5.74, 6) is -1.60. The molecule has 0 aliphatic carbocycles. The summed E-state index contributed by atoms with van der Waals surface area (Å²) in [6.45, 7) is 3.76. The second-order valence-electron chi connectivity index (χ2n) is 5.06. The van der Waals surface area contributed by atoms with Gasteiger partial charge in [-0.1, -0.05) is 42.4 Å². The third-order valence-corrected chi connectivity index (χ3v) is 4.98. The summed E-state index contributed by atoms with van der Waals surface area (Å²) in [5, 5.41) is 4.42. The van der Waals surface area contributed by atoms with Crippen molar-refractivity contribution in [3.8, 4) is 11.4 Å². The minimum Gasteiger partial charge on any atom is -0.329 e. The highest BCUT2D eigenvalue weighted by Gasteiger charge is 2.38. The highest BCUT2D eigenvalue weighted by molar-refractivity contribution is 7.92. The first-order valence-corrected chi connectivity index (χ1v) is 8.80. The molecule has 0 unspecified atom stereocenters. The van der Waals surface area contributed by atoms with E-state index in [2.05, 4.69) is 14.7 Å². The molecule has 25 heavy (non-hydrogen) atoms. The number of aromatic nitrogens is 2. The molecule has 1 aromatic heterocycles. The number of alkyl halides is 3. The molecule has 136 valence electrons. The van der Waals surface area contributed by atoms with Crippen molar-refractivity contribution in [2.45, 2.75) is 26.6 Å². The molecule has 6 nitrogen and oxygen atoms in total. The molecule has 0 saturated carbocycles. The van der Waals surface area contributed by atoms with E-state index < -0.39 is 22.1 Å². The second kappa shape index (κ2) is 7.36. The normalized spacial score (nSPS) is 13.0. The van der Waals surface area contributed by atoms with Gasteiger partial charge in [-0.25, -0.2) is 8.42 Å². The van der Waals surface area contributed by atoms with Crippen molar-refractivity contribution in [3.63, 3.8) is 0 Å². The number of nitrogens with zero attached hydrogens (tertiary/aromatic N) is 3. The van der Waals surface area contributed by atoms with Crippen molar-refractivity contribution in [1.29, 1.82) is 0 Å². The standard InChI is InChI=1S/C15H16F3N3O3S/c1-3-9-25(22,23)21(4-2)10-11-5-7-12(8-6-11)13-19-14(24-20-13)15(16,17)18/h3,5-9H,4,10H2,1-2H3/b9-3+. The van der Waals surface area contributed by atoms with Gasteiger partial charge in [-0.3, -0.25) is 0 Å². The molecule has 2 aromatic rings. The SMILES string of the molecule is C/C=C/S(=O)(=O)N(CC)Cc1ccc(-c2noc(C(F)(F)F)n2)cc1. The summed E-state index contributed by atoms with van der Waals surface area (Å²) in [6, 6.07) is 6.23. The number of benzene rings is 1. The first-order valence-electron chi connectivity index (χ1n) is 7.30. The van der Waals surface area contributed by atoms with Crippen molar-refractivity contribution in [2.24, 2.45) is 0 Å². The second-order valence-corrected chi connectivity index (χ2v) is 6.88. The first kappa shape index (κ1) is 19.1. The third kappa shape index (κ3) is 4.67. The molecule has 1 heterocycles. The minimum absolute atomic E-state index is 0.142. The van der Waals surface area contributed by atoms with Gasteiger partial charge in [0.1, 0.15) is 0 Å². The van der Waals surface area contributed by atoms with Crippen LogP contribution in [0.4, 0.5) is 13.2 Å². The fourth-order valence-electron chi connectivity index (χ4n) is 2.06. The highest BCUT2D eigenvalue weighted by Crippen LogP contribution is 2.29. The maximum absolute atomic E-state index is 12.5. The van der Waals surface area contributed by atoms with Gasteiger partial charge in [-0.15, -0.1) is 0 Å². The molecule has 2 rings (SSSR count). The van der Waals surface area contributed by atoms with Crippen molar-refractivity contribution in [3.05, 3.63) is 47.2 Å². The molecule has 0 N–H and O–H groups in total. The smallest absolute Gasteiger partial charge is 0.329 e. The monoisotopic (exact) mass is 375 g/mol. The van der Waals surface area contributed by atoms with Crippen LogP contribution >= 0.6 is 0 Å². The van der Waals surface area contributed by atoms with Gasteiger partial charge in [0.05, 0.1) is 0 Å². The minimum atomic E-state index is -4.70. The molecule has 0 fully saturated rings. The van der Waals surface area contributed by atoms with Crippen molar-refractivity contribution < 1.29 is 26.1 Å². The molecular weight excluding hydrogens is 359 g/mol. The molecule has 0 spiro atoms. The van der Waals surface area contributed by atoms with Gasteiger partial charge >= 0.3 is 12.1 Å².